The van der Waals surface area contributed by atoms with Gasteiger partial charge in [0.25, 0.3) is 0 Å². The largest absolute Gasteiger partial charge is 0.386 e. The molecule has 23 heavy (non-hydrogen) atoms. The highest BCUT2D eigenvalue weighted by atomic mass is 127. The average Bonchev–Trinajstić information content (AvgIpc) is 2.71. The van der Waals surface area contributed by atoms with Crippen LogP contribution in [0.15, 0.2) is 18.2 Å². The molecule has 2 fully saturated rings. The maximum absolute atomic E-state index is 10.1. The molecule has 0 atom stereocenters. The van der Waals surface area contributed by atoms with Crippen LogP contribution in [0.4, 0.5) is 0 Å². The molecular formula is C18H24BrIN2O. The monoisotopic (exact) mass is 490 g/mol. The van der Waals surface area contributed by atoms with E-state index in [9.17, 15) is 5.11 Å². The van der Waals surface area contributed by atoms with Crippen LogP contribution in [0.25, 0.3) is 10.9 Å². The van der Waals surface area contributed by atoms with Gasteiger partial charge in [0.2, 0.25) is 0 Å². The molecule has 1 aromatic heterocycles. The molecule has 2 aliphatic rings. The first kappa shape index (κ1) is 17.7. The molecule has 0 spiro atoms. The molecule has 0 amide bonds. The van der Waals surface area contributed by atoms with Gasteiger partial charge in [0.15, 0.2) is 0 Å². The van der Waals surface area contributed by atoms with E-state index in [1.165, 1.54) is 43.9 Å². The normalized spacial score (nSPS) is 19.0. The minimum absolute atomic E-state index is 0.549. The van der Waals surface area contributed by atoms with Crippen molar-refractivity contribution < 1.29 is 5.11 Å². The first-order valence-electron chi connectivity index (χ1n) is 8.41. The molecule has 4 rings (SSSR count). The molecule has 3 nitrogen and oxygen atoms in total. The summed E-state index contributed by atoms with van der Waals surface area (Å²) in [7, 11) is 0. The summed E-state index contributed by atoms with van der Waals surface area (Å²) < 4.78 is 3.20. The van der Waals surface area contributed by atoms with Gasteiger partial charge in [-0.3, -0.25) is 4.68 Å². The summed E-state index contributed by atoms with van der Waals surface area (Å²) in [5.41, 5.74) is 1.31. The van der Waals surface area contributed by atoms with E-state index >= 15 is 0 Å². The molecule has 1 aromatic carbocycles. The van der Waals surface area contributed by atoms with Crippen LogP contribution < -0.4 is 0 Å². The third kappa shape index (κ3) is 3.93. The molecule has 2 aromatic rings. The van der Waals surface area contributed by atoms with Gasteiger partial charge in [-0.25, -0.2) is 0 Å². The Bertz CT molecular complexity index is 684. The smallest absolute Gasteiger partial charge is 0.131 e. The van der Waals surface area contributed by atoms with E-state index in [4.69, 9.17) is 0 Å². The van der Waals surface area contributed by atoms with Crippen molar-refractivity contribution in [3.05, 3.63) is 27.5 Å². The van der Waals surface area contributed by atoms with Crippen LogP contribution in [0.3, 0.4) is 0 Å². The van der Waals surface area contributed by atoms with Gasteiger partial charge < -0.3 is 5.11 Å². The number of benzene rings is 1. The molecule has 0 radical (unpaired) electrons. The van der Waals surface area contributed by atoms with Crippen LogP contribution in [-0.4, -0.2) is 19.7 Å². The first-order valence-corrected chi connectivity index (χ1v) is 10.4. The van der Waals surface area contributed by atoms with E-state index in [1.54, 1.807) is 0 Å². The fourth-order valence-corrected chi connectivity index (χ4v) is 4.08. The van der Waals surface area contributed by atoms with E-state index in [1.807, 2.05) is 19.9 Å². The summed E-state index contributed by atoms with van der Waals surface area (Å²) in [5.74, 6) is 0. The topological polar surface area (TPSA) is 38.1 Å². The lowest BCUT2D eigenvalue weighted by molar-refractivity contribution is 0.0787. The highest BCUT2D eigenvalue weighted by Gasteiger charge is 2.24. The van der Waals surface area contributed by atoms with Gasteiger partial charge >= 0.3 is 0 Å². The fourth-order valence-electron chi connectivity index (χ4n) is 2.75. The predicted octanol–water partition coefficient (Wildman–Crippen LogP) is 5.53. The lowest BCUT2D eigenvalue weighted by Crippen LogP contribution is -2.19. The summed E-state index contributed by atoms with van der Waals surface area (Å²) in [4.78, 5) is 0.877. The third-order valence-electron chi connectivity index (χ3n) is 4.82. The maximum atomic E-state index is 10.1. The van der Waals surface area contributed by atoms with Gasteiger partial charge in [-0.05, 0) is 86.2 Å². The van der Waals surface area contributed by atoms with Crippen LogP contribution in [0.1, 0.15) is 64.0 Å². The van der Waals surface area contributed by atoms with E-state index in [2.05, 4.69) is 60.4 Å². The average molecular weight is 491 g/mol. The number of hydrogen-bond donors (Lipinski definition) is 1. The summed E-state index contributed by atoms with van der Waals surface area (Å²) in [6.45, 7) is 3.65. The second-order valence-electron chi connectivity index (χ2n) is 7.14. The molecular weight excluding hydrogens is 467 g/mol. The number of aromatic nitrogens is 2. The van der Waals surface area contributed by atoms with Gasteiger partial charge in [0, 0.05) is 10.2 Å². The van der Waals surface area contributed by atoms with Crippen LogP contribution in [-0.2, 0) is 5.60 Å². The van der Waals surface area contributed by atoms with Crippen molar-refractivity contribution in [1.29, 1.82) is 0 Å². The van der Waals surface area contributed by atoms with Crippen molar-refractivity contribution in [2.75, 3.05) is 0 Å². The molecule has 0 saturated heterocycles. The molecule has 0 unspecified atom stereocenters. The van der Waals surface area contributed by atoms with Crippen LogP contribution >= 0.6 is 38.5 Å². The van der Waals surface area contributed by atoms with Crippen molar-refractivity contribution in [1.82, 2.24) is 9.78 Å². The molecule has 0 bridgehead atoms. The number of fused-ring (bicyclic) bond motifs is 1. The van der Waals surface area contributed by atoms with Gasteiger partial charge in [-0.15, -0.1) is 0 Å². The highest BCUT2D eigenvalue weighted by molar-refractivity contribution is 14.1. The maximum Gasteiger partial charge on any atom is 0.131 e. The summed E-state index contributed by atoms with van der Waals surface area (Å²) >= 11 is 5.75. The molecule has 2 saturated carbocycles. The zero-order valence-electron chi connectivity index (χ0n) is 13.7. The summed E-state index contributed by atoms with van der Waals surface area (Å²) in [6.07, 6.45) is 7.99. The lowest BCUT2D eigenvalue weighted by Gasteiger charge is -2.26. The molecule has 1 heterocycles. The van der Waals surface area contributed by atoms with E-state index < -0.39 is 5.60 Å². The number of alkyl halides is 1. The van der Waals surface area contributed by atoms with Crippen LogP contribution in [0.5, 0.6) is 0 Å². The minimum Gasteiger partial charge on any atom is -0.386 e. The second kappa shape index (κ2) is 7.00. The van der Waals surface area contributed by atoms with E-state index in [0.29, 0.717) is 6.04 Å². The van der Waals surface area contributed by atoms with Crippen LogP contribution in [0.2, 0.25) is 0 Å². The molecule has 1 N–H and O–H groups in total. The van der Waals surface area contributed by atoms with Crippen molar-refractivity contribution in [3.63, 3.8) is 0 Å². The van der Waals surface area contributed by atoms with Gasteiger partial charge in [-0.1, -0.05) is 28.4 Å². The van der Waals surface area contributed by atoms with Gasteiger partial charge in [-0.2, -0.15) is 5.10 Å². The number of hydrogen-bond acceptors (Lipinski definition) is 2. The number of nitrogens with zero attached hydrogens (tertiary/aromatic N) is 2. The Morgan fingerprint density at radius 2 is 1.83 bits per heavy atom. The lowest BCUT2D eigenvalue weighted by atomic mass is 9.92. The zero-order valence-corrected chi connectivity index (χ0v) is 17.5. The zero-order chi connectivity index (χ0) is 16.6. The minimum atomic E-state index is -0.797. The molecule has 0 aliphatic heterocycles. The SMILES string of the molecule is BrC1CCC1.CC(C)(O)c1ccc2c(I)nn(C3CCC3)c2c1. The first-order chi connectivity index (χ1) is 10.9. The standard InChI is InChI=1S/C14H17IN2O.C4H7Br/c1-14(2,18)9-6-7-11-12(8-9)17(16-13(11)15)10-4-3-5-10;5-4-2-1-3-4/h6-8,10,18H,3-5H2,1-2H3;4H,1-3H2. The number of rotatable bonds is 2. The Morgan fingerprint density at radius 1 is 1.22 bits per heavy atom. The van der Waals surface area contributed by atoms with Crippen LogP contribution in [0, 0.1) is 3.70 Å². The Kier molecular flexibility index (Phi) is 5.38. The molecule has 2 aliphatic carbocycles. The number of aliphatic hydroxyl groups is 1. The number of halogens is 2. The Hall–Kier alpha value is -0.140. The van der Waals surface area contributed by atoms with E-state index in [0.717, 1.165) is 19.6 Å². The van der Waals surface area contributed by atoms with Crippen molar-refractivity contribution in [2.45, 2.75) is 68.8 Å². The van der Waals surface area contributed by atoms with E-state index in [-0.39, 0.29) is 0 Å². The second-order valence-corrected chi connectivity index (χ2v) is 9.46. The Labute approximate surface area is 160 Å². The van der Waals surface area contributed by atoms with Gasteiger partial charge in [0.1, 0.15) is 3.70 Å². The quantitative estimate of drug-likeness (QED) is 0.444. The third-order valence-corrected chi connectivity index (χ3v) is 6.54. The van der Waals surface area contributed by atoms with Crippen molar-refractivity contribution in [2.24, 2.45) is 0 Å². The summed E-state index contributed by atoms with van der Waals surface area (Å²) in [5, 5.41) is 16.0. The predicted molar refractivity (Wildman–Crippen MR) is 107 cm³/mol. The molecule has 5 heteroatoms. The van der Waals surface area contributed by atoms with Gasteiger partial charge in [0.05, 0.1) is 17.2 Å². The van der Waals surface area contributed by atoms with Crippen molar-refractivity contribution in [3.8, 4) is 0 Å². The summed E-state index contributed by atoms with van der Waals surface area (Å²) in [6, 6.07) is 6.71. The Morgan fingerprint density at radius 3 is 2.26 bits per heavy atom. The van der Waals surface area contributed by atoms with Crippen molar-refractivity contribution >= 4 is 49.4 Å². The fraction of sp³-hybridized carbons (Fsp3) is 0.611. The Balaban J connectivity index is 0.000000267. The highest BCUT2D eigenvalue weighted by Crippen LogP contribution is 2.36. The molecule has 126 valence electrons.